The number of piperazine rings is 1. The maximum Gasteiger partial charge on any atom is 0.317 e. The number of rotatable bonds is 3. The van der Waals surface area contributed by atoms with Gasteiger partial charge >= 0.3 is 6.03 Å². The Hall–Kier alpha value is -1.79. The molecule has 1 aliphatic heterocycles. The summed E-state index contributed by atoms with van der Waals surface area (Å²) in [5, 5.41) is 5.20. The van der Waals surface area contributed by atoms with Crippen LogP contribution in [0.25, 0.3) is 0 Å². The molecule has 0 atom stereocenters. The maximum atomic E-state index is 11.8. The van der Waals surface area contributed by atoms with Gasteiger partial charge in [0, 0.05) is 26.2 Å². The quantitative estimate of drug-likeness (QED) is 0.679. The highest BCUT2D eigenvalue weighted by Gasteiger charge is 2.27. The van der Waals surface area contributed by atoms with Crippen LogP contribution in [0.15, 0.2) is 0 Å². The Morgan fingerprint density at radius 3 is 2.50 bits per heavy atom. The van der Waals surface area contributed by atoms with E-state index in [2.05, 4.69) is 10.6 Å². The van der Waals surface area contributed by atoms with Crippen LogP contribution in [0.2, 0.25) is 0 Å². The molecule has 0 aromatic carbocycles. The van der Waals surface area contributed by atoms with Crippen LogP contribution < -0.4 is 10.6 Å². The summed E-state index contributed by atoms with van der Waals surface area (Å²) >= 11 is 0. The van der Waals surface area contributed by atoms with E-state index in [0.29, 0.717) is 13.1 Å². The van der Waals surface area contributed by atoms with Crippen molar-refractivity contribution >= 4 is 17.8 Å². The Morgan fingerprint density at radius 1 is 1.33 bits per heavy atom. The predicted molar refractivity (Wildman–Crippen MR) is 65.9 cm³/mol. The summed E-state index contributed by atoms with van der Waals surface area (Å²) in [6.45, 7) is 4.64. The van der Waals surface area contributed by atoms with Crippen molar-refractivity contribution in [1.82, 2.24) is 20.4 Å². The summed E-state index contributed by atoms with van der Waals surface area (Å²) in [5.74, 6) is -0.379. The maximum absolute atomic E-state index is 11.8. The van der Waals surface area contributed by atoms with E-state index in [0.717, 1.165) is 0 Å². The first kappa shape index (κ1) is 14.3. The number of hydrogen-bond donors (Lipinski definition) is 2. The minimum atomic E-state index is -0.269. The number of hydrogen-bond acceptors (Lipinski definition) is 3. The van der Waals surface area contributed by atoms with Gasteiger partial charge in [0.15, 0.2) is 0 Å². The van der Waals surface area contributed by atoms with Crippen molar-refractivity contribution in [2.75, 3.05) is 33.2 Å². The van der Waals surface area contributed by atoms with Crippen molar-refractivity contribution in [2.45, 2.75) is 19.9 Å². The molecular weight excluding hydrogens is 236 g/mol. The SMILES string of the molecule is CNC(=O)N1CCN(CC(=O)NC(C)C)C(=O)C1. The van der Waals surface area contributed by atoms with E-state index in [1.54, 1.807) is 0 Å². The molecule has 102 valence electrons. The second-order valence-corrected chi connectivity index (χ2v) is 4.51. The summed E-state index contributed by atoms with van der Waals surface area (Å²) in [6, 6.07) is -0.214. The van der Waals surface area contributed by atoms with Crippen LogP contribution in [0.1, 0.15) is 13.8 Å². The number of amides is 4. The molecule has 7 heteroatoms. The molecule has 1 rings (SSSR count). The Kier molecular flexibility index (Phi) is 4.94. The van der Waals surface area contributed by atoms with Crippen LogP contribution in [-0.4, -0.2) is 66.9 Å². The summed E-state index contributed by atoms with van der Waals surface area (Å²) in [5.41, 5.74) is 0. The average molecular weight is 256 g/mol. The summed E-state index contributed by atoms with van der Waals surface area (Å²) < 4.78 is 0. The number of nitrogens with one attached hydrogen (secondary N) is 2. The van der Waals surface area contributed by atoms with Crippen molar-refractivity contribution in [1.29, 1.82) is 0 Å². The first-order valence-corrected chi connectivity index (χ1v) is 5.97. The standard InChI is InChI=1S/C11H20N4O3/c1-8(2)13-9(16)6-14-4-5-15(7-10(14)17)11(18)12-3/h8H,4-7H2,1-3H3,(H,12,18)(H,13,16). The van der Waals surface area contributed by atoms with Gasteiger partial charge in [-0.3, -0.25) is 9.59 Å². The van der Waals surface area contributed by atoms with Gasteiger partial charge < -0.3 is 20.4 Å². The molecule has 1 saturated heterocycles. The highest BCUT2D eigenvalue weighted by Crippen LogP contribution is 2.03. The third-order valence-electron chi connectivity index (χ3n) is 2.60. The molecule has 2 N–H and O–H groups in total. The fourth-order valence-corrected chi connectivity index (χ4v) is 1.75. The smallest absolute Gasteiger partial charge is 0.317 e. The van der Waals surface area contributed by atoms with Crippen molar-refractivity contribution in [2.24, 2.45) is 0 Å². The molecule has 1 aliphatic rings. The zero-order chi connectivity index (χ0) is 13.7. The lowest BCUT2D eigenvalue weighted by Gasteiger charge is -2.33. The molecule has 1 fully saturated rings. The van der Waals surface area contributed by atoms with Crippen LogP contribution in [-0.2, 0) is 9.59 Å². The molecular formula is C11H20N4O3. The lowest BCUT2D eigenvalue weighted by Crippen LogP contribution is -2.56. The first-order chi connectivity index (χ1) is 8.43. The number of carbonyl (C=O) groups excluding carboxylic acids is 3. The van der Waals surface area contributed by atoms with E-state index >= 15 is 0 Å². The fourth-order valence-electron chi connectivity index (χ4n) is 1.75. The normalized spacial score (nSPS) is 15.9. The average Bonchev–Trinajstić information content (AvgIpc) is 2.29. The van der Waals surface area contributed by atoms with Crippen LogP contribution in [0.4, 0.5) is 4.79 Å². The van der Waals surface area contributed by atoms with Gasteiger partial charge in [0.05, 0.1) is 6.54 Å². The van der Waals surface area contributed by atoms with Gasteiger partial charge in [-0.15, -0.1) is 0 Å². The van der Waals surface area contributed by atoms with Crippen molar-refractivity contribution in [3.8, 4) is 0 Å². The molecule has 1 heterocycles. The molecule has 0 unspecified atom stereocenters. The number of carbonyl (C=O) groups is 3. The topological polar surface area (TPSA) is 81.8 Å². The summed E-state index contributed by atoms with van der Waals surface area (Å²) in [7, 11) is 1.52. The Bertz CT molecular complexity index is 343. The van der Waals surface area contributed by atoms with Gasteiger partial charge in [-0.1, -0.05) is 0 Å². The zero-order valence-electron chi connectivity index (χ0n) is 11.0. The Morgan fingerprint density at radius 2 is 2.00 bits per heavy atom. The van der Waals surface area contributed by atoms with Gasteiger partial charge in [-0.05, 0) is 13.8 Å². The second-order valence-electron chi connectivity index (χ2n) is 4.51. The summed E-state index contributed by atoms with van der Waals surface area (Å²) in [4.78, 5) is 37.6. The highest BCUT2D eigenvalue weighted by molar-refractivity contribution is 5.88. The zero-order valence-corrected chi connectivity index (χ0v) is 11.0. The van der Waals surface area contributed by atoms with Crippen molar-refractivity contribution < 1.29 is 14.4 Å². The molecule has 7 nitrogen and oxygen atoms in total. The van der Waals surface area contributed by atoms with E-state index in [-0.39, 0.29) is 37.0 Å². The molecule has 18 heavy (non-hydrogen) atoms. The minimum Gasteiger partial charge on any atom is -0.352 e. The first-order valence-electron chi connectivity index (χ1n) is 5.97. The highest BCUT2D eigenvalue weighted by atomic mass is 16.2. The van der Waals surface area contributed by atoms with Crippen LogP contribution in [0.3, 0.4) is 0 Å². The van der Waals surface area contributed by atoms with Crippen LogP contribution >= 0.6 is 0 Å². The molecule has 0 aromatic heterocycles. The third-order valence-corrected chi connectivity index (χ3v) is 2.60. The number of urea groups is 1. The van der Waals surface area contributed by atoms with E-state index in [9.17, 15) is 14.4 Å². The lowest BCUT2D eigenvalue weighted by molar-refractivity contribution is -0.139. The van der Waals surface area contributed by atoms with E-state index in [1.807, 2.05) is 13.8 Å². The second kappa shape index (κ2) is 6.23. The van der Waals surface area contributed by atoms with Gasteiger partial charge in [0.25, 0.3) is 0 Å². The molecule has 0 aliphatic carbocycles. The molecule has 0 bridgehead atoms. The fraction of sp³-hybridized carbons (Fsp3) is 0.727. The van der Waals surface area contributed by atoms with E-state index < -0.39 is 0 Å². The lowest BCUT2D eigenvalue weighted by atomic mass is 10.3. The molecule has 0 aromatic rings. The van der Waals surface area contributed by atoms with E-state index in [4.69, 9.17) is 0 Å². The largest absolute Gasteiger partial charge is 0.352 e. The van der Waals surface area contributed by atoms with Crippen LogP contribution in [0.5, 0.6) is 0 Å². The molecule has 0 saturated carbocycles. The molecule has 4 amide bonds. The van der Waals surface area contributed by atoms with Crippen LogP contribution in [0, 0.1) is 0 Å². The third kappa shape index (κ3) is 3.90. The number of nitrogens with zero attached hydrogens (tertiary/aromatic N) is 2. The molecule has 0 radical (unpaired) electrons. The molecule has 0 spiro atoms. The van der Waals surface area contributed by atoms with Gasteiger partial charge in [0.2, 0.25) is 11.8 Å². The van der Waals surface area contributed by atoms with Crippen molar-refractivity contribution in [3.63, 3.8) is 0 Å². The van der Waals surface area contributed by atoms with Gasteiger partial charge in [-0.2, -0.15) is 0 Å². The van der Waals surface area contributed by atoms with E-state index in [1.165, 1.54) is 16.8 Å². The summed E-state index contributed by atoms with van der Waals surface area (Å²) in [6.07, 6.45) is 0. The van der Waals surface area contributed by atoms with Gasteiger partial charge in [-0.25, -0.2) is 4.79 Å². The van der Waals surface area contributed by atoms with Crippen molar-refractivity contribution in [3.05, 3.63) is 0 Å². The monoisotopic (exact) mass is 256 g/mol. The van der Waals surface area contributed by atoms with Gasteiger partial charge in [0.1, 0.15) is 6.54 Å². The predicted octanol–water partition coefficient (Wildman–Crippen LogP) is -1.01. The minimum absolute atomic E-state index is 0.0225. The Balaban J connectivity index is 2.45. The Labute approximate surface area is 106 Å².